The zero-order valence-electron chi connectivity index (χ0n) is 8.97. The molecule has 0 aliphatic carbocycles. The normalized spacial score (nSPS) is 17.1. The average Bonchev–Trinajstić information content (AvgIpc) is 1.96. The molecule has 2 atom stereocenters. The summed E-state index contributed by atoms with van der Waals surface area (Å²) in [5.74, 6) is 0. The lowest BCUT2D eigenvalue weighted by Crippen LogP contribution is -2.41. The van der Waals surface area contributed by atoms with E-state index >= 15 is 0 Å². The summed E-state index contributed by atoms with van der Waals surface area (Å²) in [6.45, 7) is 5.43. The predicted molar refractivity (Wildman–Crippen MR) is 52.3 cm³/mol. The fourth-order valence-corrected chi connectivity index (χ4v) is 0.934. The van der Waals surface area contributed by atoms with Crippen LogP contribution < -0.4 is 5.73 Å². The number of nitrogens with two attached hydrogens (primary N) is 1. The molecule has 0 aromatic carbocycles. The van der Waals surface area contributed by atoms with Crippen molar-refractivity contribution in [3.05, 3.63) is 0 Å². The minimum absolute atomic E-state index is 0.131. The zero-order valence-corrected chi connectivity index (χ0v) is 8.97. The van der Waals surface area contributed by atoms with Gasteiger partial charge in [0, 0.05) is 0 Å². The lowest BCUT2D eigenvalue weighted by atomic mass is 10.1. The second-order valence-electron chi connectivity index (χ2n) is 4.34. The number of aliphatic hydroxyl groups is 3. The highest BCUT2D eigenvalue weighted by Crippen LogP contribution is 2.13. The molecule has 0 saturated carbocycles. The van der Waals surface area contributed by atoms with Crippen molar-refractivity contribution < 1.29 is 20.1 Å². The van der Waals surface area contributed by atoms with E-state index in [2.05, 4.69) is 0 Å². The molecular formula is C9H21NO4. The molecule has 0 heterocycles. The van der Waals surface area contributed by atoms with Crippen LogP contribution in [0.3, 0.4) is 0 Å². The topological polar surface area (TPSA) is 95.9 Å². The fourth-order valence-electron chi connectivity index (χ4n) is 0.934. The first-order valence-corrected chi connectivity index (χ1v) is 4.70. The average molecular weight is 207 g/mol. The molecule has 0 aliphatic heterocycles. The highest BCUT2D eigenvalue weighted by atomic mass is 16.6. The smallest absolute Gasteiger partial charge is 0.170 e. The Bertz CT molecular complexity index is 155. The molecule has 0 amide bonds. The number of rotatable bonds is 5. The Hall–Kier alpha value is -0.200. The van der Waals surface area contributed by atoms with Crippen LogP contribution in [0.5, 0.6) is 0 Å². The highest BCUT2D eigenvalue weighted by Gasteiger charge is 2.22. The lowest BCUT2D eigenvalue weighted by molar-refractivity contribution is -0.178. The Labute approximate surface area is 84.5 Å². The quantitative estimate of drug-likeness (QED) is 0.457. The second kappa shape index (κ2) is 5.63. The molecule has 14 heavy (non-hydrogen) atoms. The van der Waals surface area contributed by atoms with E-state index < -0.39 is 24.2 Å². The molecule has 0 radical (unpaired) electrons. The summed E-state index contributed by atoms with van der Waals surface area (Å²) in [5.41, 5.74) is 5.11. The van der Waals surface area contributed by atoms with Crippen molar-refractivity contribution in [1.29, 1.82) is 0 Å². The number of aliphatic hydroxyl groups excluding tert-OH is 2. The third kappa shape index (κ3) is 7.23. The molecule has 0 spiro atoms. The Morgan fingerprint density at radius 1 is 1.14 bits per heavy atom. The molecule has 0 aromatic rings. The first-order chi connectivity index (χ1) is 6.22. The minimum Gasteiger partial charge on any atom is -0.368 e. The second-order valence-corrected chi connectivity index (χ2v) is 4.34. The van der Waals surface area contributed by atoms with E-state index in [1.165, 1.54) is 0 Å². The van der Waals surface area contributed by atoms with Gasteiger partial charge in [0.15, 0.2) is 12.6 Å². The van der Waals surface area contributed by atoms with Gasteiger partial charge in [-0.1, -0.05) is 0 Å². The lowest BCUT2D eigenvalue weighted by Gasteiger charge is -2.27. The van der Waals surface area contributed by atoms with Gasteiger partial charge in [-0.3, -0.25) is 0 Å². The van der Waals surface area contributed by atoms with Crippen molar-refractivity contribution in [2.75, 3.05) is 0 Å². The van der Waals surface area contributed by atoms with Crippen LogP contribution in [0.4, 0.5) is 0 Å². The van der Waals surface area contributed by atoms with Gasteiger partial charge in [-0.2, -0.15) is 0 Å². The molecule has 86 valence electrons. The number of hydrogen-bond donors (Lipinski definition) is 4. The Morgan fingerprint density at radius 2 is 1.64 bits per heavy atom. The van der Waals surface area contributed by atoms with Crippen LogP contribution in [0.2, 0.25) is 0 Å². The largest absolute Gasteiger partial charge is 0.368 e. The van der Waals surface area contributed by atoms with Crippen LogP contribution in [-0.4, -0.2) is 39.5 Å². The summed E-state index contributed by atoms with van der Waals surface area (Å²) in [6, 6.07) is -0.601. The number of ether oxygens (including phenoxy) is 1. The van der Waals surface area contributed by atoms with E-state index in [1.807, 2.05) is 20.8 Å². The highest BCUT2D eigenvalue weighted by molar-refractivity contribution is 4.69. The van der Waals surface area contributed by atoms with Crippen LogP contribution >= 0.6 is 0 Å². The van der Waals surface area contributed by atoms with Gasteiger partial charge in [0.25, 0.3) is 0 Å². The summed E-state index contributed by atoms with van der Waals surface area (Å²) < 4.78 is 5.20. The molecule has 2 unspecified atom stereocenters. The molecule has 0 bridgehead atoms. The van der Waals surface area contributed by atoms with Crippen molar-refractivity contribution in [2.45, 2.75) is 57.8 Å². The molecule has 0 fully saturated rings. The molecule has 5 N–H and O–H groups in total. The number of hydrogen-bond acceptors (Lipinski definition) is 5. The summed E-state index contributed by atoms with van der Waals surface area (Å²) in [7, 11) is 0. The molecule has 0 saturated heterocycles. The maximum absolute atomic E-state index is 9.46. The molecule has 5 heteroatoms. The van der Waals surface area contributed by atoms with E-state index in [9.17, 15) is 5.11 Å². The fraction of sp³-hybridized carbons (Fsp3) is 1.00. The van der Waals surface area contributed by atoms with E-state index in [4.69, 9.17) is 20.7 Å². The standard InChI is InChI=1S/C9H21NO4/c1-9(2,3)14-8(13)6(10)4-5-7(11)12/h6-8,11-13H,4-5,10H2,1-3H3. The predicted octanol–water partition coefficient (Wildman–Crippen LogP) is -0.462. The van der Waals surface area contributed by atoms with Gasteiger partial charge in [0.1, 0.15) is 0 Å². The van der Waals surface area contributed by atoms with Crippen molar-refractivity contribution in [3.63, 3.8) is 0 Å². The molecular weight excluding hydrogens is 186 g/mol. The van der Waals surface area contributed by atoms with Gasteiger partial charge < -0.3 is 25.8 Å². The van der Waals surface area contributed by atoms with Gasteiger partial charge in [-0.15, -0.1) is 0 Å². The van der Waals surface area contributed by atoms with Crippen LogP contribution in [0.25, 0.3) is 0 Å². The minimum atomic E-state index is -1.39. The van der Waals surface area contributed by atoms with Crippen LogP contribution in [0, 0.1) is 0 Å². The van der Waals surface area contributed by atoms with Crippen molar-refractivity contribution >= 4 is 0 Å². The zero-order chi connectivity index (χ0) is 11.4. The molecule has 0 aliphatic rings. The van der Waals surface area contributed by atoms with E-state index in [0.717, 1.165) is 0 Å². The Morgan fingerprint density at radius 3 is 2.00 bits per heavy atom. The van der Waals surface area contributed by atoms with Gasteiger partial charge in [0.05, 0.1) is 11.6 Å². The van der Waals surface area contributed by atoms with E-state index in [0.29, 0.717) is 6.42 Å². The van der Waals surface area contributed by atoms with E-state index in [1.54, 1.807) is 0 Å². The SMILES string of the molecule is CC(C)(C)OC(O)C(N)CCC(O)O. The van der Waals surface area contributed by atoms with Gasteiger partial charge in [-0.05, 0) is 33.6 Å². The monoisotopic (exact) mass is 207 g/mol. The third-order valence-corrected chi connectivity index (χ3v) is 1.60. The Balaban J connectivity index is 3.82. The van der Waals surface area contributed by atoms with Gasteiger partial charge in [-0.25, -0.2) is 0 Å². The molecule has 5 nitrogen and oxygen atoms in total. The molecule has 0 aromatic heterocycles. The van der Waals surface area contributed by atoms with Crippen LogP contribution in [-0.2, 0) is 4.74 Å². The van der Waals surface area contributed by atoms with Gasteiger partial charge in [0.2, 0.25) is 0 Å². The van der Waals surface area contributed by atoms with Crippen molar-refractivity contribution in [1.82, 2.24) is 0 Å². The van der Waals surface area contributed by atoms with E-state index in [-0.39, 0.29) is 6.42 Å². The maximum atomic E-state index is 9.46. The summed E-state index contributed by atoms with van der Waals surface area (Å²) in [4.78, 5) is 0. The summed E-state index contributed by atoms with van der Waals surface area (Å²) in [6.07, 6.45) is -2.03. The van der Waals surface area contributed by atoms with Gasteiger partial charge >= 0.3 is 0 Å². The summed E-state index contributed by atoms with van der Waals surface area (Å²) in [5, 5.41) is 26.6. The maximum Gasteiger partial charge on any atom is 0.170 e. The first-order valence-electron chi connectivity index (χ1n) is 4.70. The van der Waals surface area contributed by atoms with Crippen molar-refractivity contribution in [2.24, 2.45) is 5.73 Å². The first kappa shape index (κ1) is 13.8. The van der Waals surface area contributed by atoms with Crippen molar-refractivity contribution in [3.8, 4) is 0 Å². The Kier molecular flexibility index (Phi) is 5.54. The van der Waals surface area contributed by atoms with Crippen LogP contribution in [0.1, 0.15) is 33.6 Å². The van der Waals surface area contributed by atoms with Crippen LogP contribution in [0.15, 0.2) is 0 Å². The molecule has 0 rings (SSSR count). The summed E-state index contributed by atoms with van der Waals surface area (Å²) >= 11 is 0. The third-order valence-electron chi connectivity index (χ3n) is 1.60.